The van der Waals surface area contributed by atoms with E-state index in [2.05, 4.69) is 70.2 Å². The Bertz CT molecular complexity index is 623. The van der Waals surface area contributed by atoms with E-state index in [1.807, 2.05) is 7.05 Å². The molecule has 2 aliphatic rings. The molecule has 29 heavy (non-hydrogen) atoms. The first-order valence-corrected chi connectivity index (χ1v) is 11.0. The molecule has 2 saturated heterocycles. The normalized spacial score (nSPS) is 21.9. The number of hydrogen-bond acceptors (Lipinski definition) is 3. The van der Waals surface area contributed by atoms with E-state index in [1.165, 1.54) is 37.1 Å². The van der Waals surface area contributed by atoms with Gasteiger partial charge in [0.15, 0.2) is 5.96 Å². The first-order valence-electron chi connectivity index (χ1n) is 11.0. The molecule has 6 heteroatoms. The summed E-state index contributed by atoms with van der Waals surface area (Å²) in [7, 11) is 4.15. The second-order valence-corrected chi connectivity index (χ2v) is 8.86. The lowest BCUT2D eigenvalue weighted by atomic mass is 9.98. The fraction of sp³-hybridized carbons (Fsp3) is 0.696. The van der Waals surface area contributed by atoms with E-state index < -0.39 is 0 Å². The predicted molar refractivity (Wildman–Crippen MR) is 134 cm³/mol. The summed E-state index contributed by atoms with van der Waals surface area (Å²) in [6.45, 7) is 13.3. The highest BCUT2D eigenvalue weighted by atomic mass is 127. The fourth-order valence-corrected chi connectivity index (χ4v) is 4.39. The van der Waals surface area contributed by atoms with Gasteiger partial charge < -0.3 is 15.1 Å². The third kappa shape index (κ3) is 7.40. The molecule has 1 N–H and O–H groups in total. The van der Waals surface area contributed by atoms with Gasteiger partial charge in [-0.2, -0.15) is 0 Å². The molecule has 0 amide bonds. The van der Waals surface area contributed by atoms with Crippen molar-refractivity contribution in [3.8, 4) is 0 Å². The molecule has 1 aromatic carbocycles. The van der Waals surface area contributed by atoms with Crippen molar-refractivity contribution in [2.24, 2.45) is 10.9 Å². The number of hydrogen-bond donors (Lipinski definition) is 1. The zero-order valence-corrected chi connectivity index (χ0v) is 21.1. The molecule has 5 nitrogen and oxygen atoms in total. The van der Waals surface area contributed by atoms with Crippen LogP contribution in [0.2, 0.25) is 0 Å². The van der Waals surface area contributed by atoms with E-state index in [0.29, 0.717) is 5.92 Å². The second-order valence-electron chi connectivity index (χ2n) is 8.86. The average Bonchev–Trinajstić information content (AvgIpc) is 2.70. The molecule has 1 unspecified atom stereocenters. The third-order valence-corrected chi connectivity index (χ3v) is 6.21. The van der Waals surface area contributed by atoms with Gasteiger partial charge >= 0.3 is 0 Å². The van der Waals surface area contributed by atoms with Crippen molar-refractivity contribution >= 4 is 29.9 Å². The highest BCUT2D eigenvalue weighted by Gasteiger charge is 2.22. The average molecular weight is 514 g/mol. The molecule has 2 fully saturated rings. The Morgan fingerprint density at radius 3 is 2.38 bits per heavy atom. The van der Waals surface area contributed by atoms with E-state index in [9.17, 15) is 0 Å². The van der Waals surface area contributed by atoms with Crippen LogP contribution in [0.15, 0.2) is 29.3 Å². The van der Waals surface area contributed by atoms with E-state index in [4.69, 9.17) is 0 Å². The summed E-state index contributed by atoms with van der Waals surface area (Å²) in [6, 6.07) is 9.15. The van der Waals surface area contributed by atoms with Crippen molar-refractivity contribution in [3.63, 3.8) is 0 Å². The molecular weight excluding hydrogens is 473 g/mol. The first kappa shape index (κ1) is 24.4. The Kier molecular flexibility index (Phi) is 10.2. The van der Waals surface area contributed by atoms with Gasteiger partial charge in [-0.1, -0.05) is 38.1 Å². The van der Waals surface area contributed by atoms with Gasteiger partial charge in [-0.15, -0.1) is 24.0 Å². The van der Waals surface area contributed by atoms with Crippen molar-refractivity contribution in [1.82, 2.24) is 20.0 Å². The number of rotatable bonds is 5. The number of likely N-dealkylation sites (tertiary alicyclic amines) is 1. The molecular formula is C23H40IN5. The fourth-order valence-electron chi connectivity index (χ4n) is 4.39. The molecule has 2 aliphatic heterocycles. The van der Waals surface area contributed by atoms with E-state index in [-0.39, 0.29) is 24.0 Å². The first-order chi connectivity index (χ1) is 13.5. The van der Waals surface area contributed by atoms with Crippen molar-refractivity contribution in [2.45, 2.75) is 39.2 Å². The van der Waals surface area contributed by atoms with Gasteiger partial charge in [0.1, 0.15) is 0 Å². The Labute approximate surface area is 194 Å². The molecule has 3 rings (SSSR count). The van der Waals surface area contributed by atoms with Crippen LogP contribution in [-0.2, 0) is 6.54 Å². The summed E-state index contributed by atoms with van der Waals surface area (Å²) in [6.07, 6.45) is 2.65. The summed E-state index contributed by atoms with van der Waals surface area (Å²) in [5.41, 5.74) is 2.84. The predicted octanol–water partition coefficient (Wildman–Crippen LogP) is 3.46. The van der Waals surface area contributed by atoms with Gasteiger partial charge in [0.25, 0.3) is 0 Å². The standard InChI is InChI=1S/C23H39N5.HI/c1-19(2)22-9-7-20(8-10-22)18-27-12-14-28(15-13-27)23(24-3)25-16-21-6-5-11-26(4)17-21;/h7-10,19,21H,5-6,11-18H2,1-4H3,(H,24,25);1H. The number of nitrogens with zero attached hydrogens (tertiary/aromatic N) is 4. The largest absolute Gasteiger partial charge is 0.356 e. The van der Waals surface area contributed by atoms with Gasteiger partial charge in [0.05, 0.1) is 0 Å². The van der Waals surface area contributed by atoms with Crippen LogP contribution in [0.25, 0.3) is 0 Å². The zero-order chi connectivity index (χ0) is 19.9. The number of aliphatic imine (C=N–C) groups is 1. The monoisotopic (exact) mass is 513 g/mol. The Morgan fingerprint density at radius 1 is 1.10 bits per heavy atom. The number of guanidine groups is 1. The summed E-state index contributed by atoms with van der Waals surface area (Å²) in [5.74, 6) is 2.42. The number of nitrogens with one attached hydrogen (secondary N) is 1. The summed E-state index contributed by atoms with van der Waals surface area (Å²) in [5, 5.41) is 3.64. The summed E-state index contributed by atoms with van der Waals surface area (Å²) in [4.78, 5) is 12.0. The van der Waals surface area contributed by atoms with Crippen molar-refractivity contribution < 1.29 is 0 Å². The lowest BCUT2D eigenvalue weighted by molar-refractivity contribution is 0.170. The highest BCUT2D eigenvalue weighted by Crippen LogP contribution is 2.17. The topological polar surface area (TPSA) is 34.1 Å². The SMILES string of the molecule is CN=C(NCC1CCCN(C)C1)N1CCN(Cc2ccc(C(C)C)cc2)CC1.I. The van der Waals surface area contributed by atoms with Crippen LogP contribution in [0, 0.1) is 5.92 Å². The molecule has 0 aromatic heterocycles. The van der Waals surface area contributed by atoms with Gasteiger partial charge in [-0.3, -0.25) is 9.89 Å². The van der Waals surface area contributed by atoms with E-state index >= 15 is 0 Å². The smallest absolute Gasteiger partial charge is 0.193 e. The molecule has 0 spiro atoms. The van der Waals surface area contributed by atoms with Gasteiger partial charge in [-0.25, -0.2) is 0 Å². The maximum atomic E-state index is 4.55. The van der Waals surface area contributed by atoms with Crippen LogP contribution in [-0.4, -0.2) is 80.6 Å². The molecule has 2 heterocycles. The number of piperidine rings is 1. The Hall–Kier alpha value is -0.860. The second kappa shape index (κ2) is 12.1. The molecule has 164 valence electrons. The van der Waals surface area contributed by atoms with Crippen molar-refractivity contribution in [1.29, 1.82) is 0 Å². The van der Waals surface area contributed by atoms with Crippen LogP contribution in [0.3, 0.4) is 0 Å². The molecule has 0 aliphatic carbocycles. The summed E-state index contributed by atoms with van der Waals surface area (Å²) < 4.78 is 0. The van der Waals surface area contributed by atoms with Crippen LogP contribution >= 0.6 is 24.0 Å². The van der Waals surface area contributed by atoms with Crippen LogP contribution in [0.1, 0.15) is 43.7 Å². The van der Waals surface area contributed by atoms with Gasteiger partial charge in [0.2, 0.25) is 0 Å². The van der Waals surface area contributed by atoms with Crippen LogP contribution < -0.4 is 5.32 Å². The molecule has 0 bridgehead atoms. The minimum absolute atomic E-state index is 0. The Morgan fingerprint density at radius 2 is 1.79 bits per heavy atom. The Balaban J connectivity index is 0.00000300. The van der Waals surface area contributed by atoms with Crippen molar-refractivity contribution in [2.75, 3.05) is 59.9 Å². The van der Waals surface area contributed by atoms with Crippen LogP contribution in [0.4, 0.5) is 0 Å². The molecule has 0 radical (unpaired) electrons. The highest BCUT2D eigenvalue weighted by molar-refractivity contribution is 14.0. The van der Waals surface area contributed by atoms with Gasteiger partial charge in [0, 0.05) is 52.9 Å². The van der Waals surface area contributed by atoms with Crippen molar-refractivity contribution in [3.05, 3.63) is 35.4 Å². The maximum absolute atomic E-state index is 4.55. The number of halogens is 1. The van der Waals surface area contributed by atoms with Gasteiger partial charge in [-0.05, 0) is 49.4 Å². The third-order valence-electron chi connectivity index (χ3n) is 6.21. The maximum Gasteiger partial charge on any atom is 0.193 e. The number of piperazine rings is 1. The molecule has 0 saturated carbocycles. The number of benzene rings is 1. The van der Waals surface area contributed by atoms with E-state index in [0.717, 1.165) is 51.1 Å². The minimum atomic E-state index is 0. The summed E-state index contributed by atoms with van der Waals surface area (Å²) >= 11 is 0. The van der Waals surface area contributed by atoms with E-state index in [1.54, 1.807) is 0 Å². The zero-order valence-electron chi connectivity index (χ0n) is 18.7. The lowest BCUT2D eigenvalue weighted by Crippen LogP contribution is -2.53. The quantitative estimate of drug-likeness (QED) is 0.372. The molecule has 1 aromatic rings. The minimum Gasteiger partial charge on any atom is -0.356 e. The van der Waals surface area contributed by atoms with Crippen LogP contribution in [0.5, 0.6) is 0 Å². The molecule has 1 atom stereocenters. The lowest BCUT2D eigenvalue weighted by Gasteiger charge is -2.37.